The molecule has 0 aliphatic carbocycles. The summed E-state index contributed by atoms with van der Waals surface area (Å²) in [5, 5.41) is 5.10. The van der Waals surface area contributed by atoms with Crippen LogP contribution < -0.4 is 15.0 Å². The number of carbonyl (C=O) groups is 2. The summed E-state index contributed by atoms with van der Waals surface area (Å²) in [5.74, 6) is -0.363. The largest absolute Gasteiger partial charge is 0.492 e. The zero-order chi connectivity index (χ0) is 24.0. The van der Waals surface area contributed by atoms with Crippen molar-refractivity contribution < 1.29 is 18.7 Å². The Kier molecular flexibility index (Phi) is 8.19. The summed E-state index contributed by atoms with van der Waals surface area (Å²) in [7, 11) is 0. The van der Waals surface area contributed by atoms with E-state index < -0.39 is 5.82 Å². The van der Waals surface area contributed by atoms with Crippen LogP contribution in [0.5, 0.6) is 5.75 Å². The second kappa shape index (κ2) is 11.1. The van der Waals surface area contributed by atoms with Gasteiger partial charge in [0.05, 0.1) is 23.0 Å². The highest BCUT2D eigenvalue weighted by Crippen LogP contribution is 2.31. The number of thiazole rings is 1. The first-order chi connectivity index (χ1) is 15.7. The number of aromatic nitrogens is 1. The van der Waals surface area contributed by atoms with Crippen LogP contribution in [0.25, 0.3) is 6.08 Å². The number of halogens is 2. The molecular formula is C24H23ClFN3O3S. The quantitative estimate of drug-likeness (QED) is 0.378. The Morgan fingerprint density at radius 3 is 2.70 bits per heavy atom. The lowest BCUT2D eigenvalue weighted by molar-refractivity contribution is -0.116. The number of benzene rings is 2. The maximum absolute atomic E-state index is 14.2. The van der Waals surface area contributed by atoms with Crippen LogP contribution in [0.1, 0.15) is 26.5 Å². The van der Waals surface area contributed by atoms with Crippen molar-refractivity contribution in [1.29, 1.82) is 0 Å². The molecule has 0 unspecified atom stereocenters. The smallest absolute Gasteiger partial charge is 0.248 e. The molecule has 1 N–H and O–H groups in total. The van der Waals surface area contributed by atoms with Gasteiger partial charge in [-0.1, -0.05) is 37.6 Å². The standard InChI is InChI=1S/C24H23ClFN3O3S/c1-15(2)13-32-22-10-8-17(12-19(22)25)27-23(31)11-9-18-14-33-24(28-18)29(16(3)30)21-7-5-4-6-20(21)26/h4-12,14-15H,13H2,1-3H3,(H,27,31)/b11-9+. The third kappa shape index (κ3) is 6.63. The van der Waals surface area contributed by atoms with Crippen molar-refractivity contribution >= 4 is 57.3 Å². The molecular weight excluding hydrogens is 465 g/mol. The first-order valence-electron chi connectivity index (χ1n) is 10.2. The number of amides is 2. The first-order valence-corrected chi connectivity index (χ1v) is 11.4. The van der Waals surface area contributed by atoms with E-state index in [1.165, 1.54) is 47.4 Å². The second-order valence-corrected chi connectivity index (χ2v) is 8.78. The summed E-state index contributed by atoms with van der Waals surface area (Å²) >= 11 is 7.40. The number of nitrogens with zero attached hydrogens (tertiary/aromatic N) is 2. The van der Waals surface area contributed by atoms with Crippen molar-refractivity contribution in [3.8, 4) is 5.75 Å². The van der Waals surface area contributed by atoms with Gasteiger partial charge in [-0.2, -0.15) is 0 Å². The molecule has 172 valence electrons. The Balaban J connectivity index is 1.67. The lowest BCUT2D eigenvalue weighted by atomic mass is 10.2. The highest BCUT2D eigenvalue weighted by atomic mass is 35.5. The SMILES string of the molecule is CC(=O)N(c1nc(/C=C/C(=O)Nc2ccc(OCC(C)C)c(Cl)c2)cs1)c1ccccc1F. The van der Waals surface area contributed by atoms with Crippen molar-refractivity contribution in [3.05, 3.63) is 70.5 Å². The van der Waals surface area contributed by atoms with Crippen molar-refractivity contribution in [2.75, 3.05) is 16.8 Å². The molecule has 0 spiro atoms. The van der Waals surface area contributed by atoms with E-state index in [1.807, 2.05) is 13.8 Å². The molecule has 33 heavy (non-hydrogen) atoms. The van der Waals surface area contributed by atoms with E-state index in [0.717, 1.165) is 0 Å². The maximum Gasteiger partial charge on any atom is 0.248 e. The van der Waals surface area contributed by atoms with Crippen LogP contribution in [0.3, 0.4) is 0 Å². The zero-order valence-corrected chi connectivity index (χ0v) is 19.9. The van der Waals surface area contributed by atoms with Gasteiger partial charge in [0, 0.05) is 24.1 Å². The van der Waals surface area contributed by atoms with E-state index in [-0.39, 0.29) is 17.5 Å². The topological polar surface area (TPSA) is 71.5 Å². The highest BCUT2D eigenvalue weighted by molar-refractivity contribution is 7.14. The molecule has 1 heterocycles. The van der Waals surface area contributed by atoms with E-state index in [9.17, 15) is 14.0 Å². The van der Waals surface area contributed by atoms with Crippen LogP contribution in [0.4, 0.5) is 20.9 Å². The highest BCUT2D eigenvalue weighted by Gasteiger charge is 2.20. The zero-order valence-electron chi connectivity index (χ0n) is 18.3. The summed E-state index contributed by atoms with van der Waals surface area (Å²) in [6, 6.07) is 11.0. The fourth-order valence-corrected chi connectivity index (χ4v) is 3.88. The third-order valence-corrected chi connectivity index (χ3v) is 5.43. The Bertz CT molecular complexity index is 1180. The average molecular weight is 488 g/mol. The fourth-order valence-electron chi connectivity index (χ4n) is 2.79. The lowest BCUT2D eigenvalue weighted by Gasteiger charge is -2.18. The van der Waals surface area contributed by atoms with Crippen LogP contribution >= 0.6 is 22.9 Å². The Morgan fingerprint density at radius 2 is 2.03 bits per heavy atom. The molecule has 1 aromatic heterocycles. The van der Waals surface area contributed by atoms with Gasteiger partial charge in [-0.3, -0.25) is 14.5 Å². The van der Waals surface area contributed by atoms with Crippen LogP contribution in [0, 0.1) is 11.7 Å². The van der Waals surface area contributed by atoms with Gasteiger partial charge in [0.2, 0.25) is 11.8 Å². The van der Waals surface area contributed by atoms with Gasteiger partial charge >= 0.3 is 0 Å². The molecule has 6 nitrogen and oxygen atoms in total. The van der Waals surface area contributed by atoms with E-state index in [0.29, 0.717) is 39.8 Å². The Hall–Kier alpha value is -3.23. The number of carbonyl (C=O) groups excluding carboxylic acids is 2. The summed E-state index contributed by atoms with van der Waals surface area (Å²) < 4.78 is 19.8. The molecule has 2 amide bonds. The normalized spacial score (nSPS) is 11.1. The Morgan fingerprint density at radius 1 is 1.27 bits per heavy atom. The van der Waals surface area contributed by atoms with Gasteiger partial charge in [-0.25, -0.2) is 9.37 Å². The predicted octanol–water partition coefficient (Wildman–Crippen LogP) is 6.31. The molecule has 0 saturated heterocycles. The van der Waals surface area contributed by atoms with Gasteiger partial charge in [0.15, 0.2) is 5.13 Å². The summed E-state index contributed by atoms with van der Waals surface area (Å²) in [6.45, 7) is 5.96. The van der Waals surface area contributed by atoms with E-state index in [2.05, 4.69) is 10.3 Å². The fraction of sp³-hybridized carbons (Fsp3) is 0.208. The van der Waals surface area contributed by atoms with Crippen molar-refractivity contribution in [2.45, 2.75) is 20.8 Å². The van der Waals surface area contributed by atoms with Gasteiger partial charge in [-0.15, -0.1) is 11.3 Å². The lowest BCUT2D eigenvalue weighted by Crippen LogP contribution is -2.23. The molecule has 2 aromatic carbocycles. The van der Waals surface area contributed by atoms with Crippen LogP contribution in [0.2, 0.25) is 5.02 Å². The molecule has 3 rings (SSSR count). The average Bonchev–Trinajstić information content (AvgIpc) is 3.21. The first kappa shape index (κ1) is 24.4. The van der Waals surface area contributed by atoms with Crippen molar-refractivity contribution in [1.82, 2.24) is 4.98 Å². The van der Waals surface area contributed by atoms with Gasteiger partial charge < -0.3 is 10.1 Å². The molecule has 0 aliphatic rings. The van der Waals surface area contributed by atoms with E-state index in [4.69, 9.17) is 16.3 Å². The molecule has 3 aromatic rings. The van der Waals surface area contributed by atoms with Gasteiger partial charge in [0.25, 0.3) is 0 Å². The van der Waals surface area contributed by atoms with Crippen LogP contribution in [-0.2, 0) is 9.59 Å². The van der Waals surface area contributed by atoms with Gasteiger partial charge in [0.1, 0.15) is 11.6 Å². The van der Waals surface area contributed by atoms with E-state index in [1.54, 1.807) is 35.7 Å². The van der Waals surface area contributed by atoms with Crippen LogP contribution in [-0.4, -0.2) is 23.4 Å². The number of nitrogens with one attached hydrogen (secondary N) is 1. The number of rotatable bonds is 8. The van der Waals surface area contributed by atoms with Gasteiger partial charge in [-0.05, 0) is 42.3 Å². The minimum absolute atomic E-state index is 0.116. The number of hydrogen-bond donors (Lipinski definition) is 1. The maximum atomic E-state index is 14.2. The summed E-state index contributed by atoms with van der Waals surface area (Å²) in [6.07, 6.45) is 2.83. The number of ether oxygens (including phenoxy) is 1. The molecule has 0 fully saturated rings. The molecule has 9 heteroatoms. The second-order valence-electron chi connectivity index (χ2n) is 7.53. The summed E-state index contributed by atoms with van der Waals surface area (Å²) in [5.41, 5.74) is 1.10. The Labute approximate surface area is 200 Å². The molecule has 0 saturated carbocycles. The number of para-hydroxylation sites is 1. The van der Waals surface area contributed by atoms with E-state index >= 15 is 0 Å². The van der Waals surface area contributed by atoms with Crippen molar-refractivity contribution in [3.63, 3.8) is 0 Å². The van der Waals surface area contributed by atoms with Crippen LogP contribution in [0.15, 0.2) is 53.9 Å². The van der Waals surface area contributed by atoms with Crippen molar-refractivity contribution in [2.24, 2.45) is 5.92 Å². The third-order valence-electron chi connectivity index (χ3n) is 4.29. The predicted molar refractivity (Wildman–Crippen MR) is 131 cm³/mol. The molecule has 0 radical (unpaired) electrons. The number of hydrogen-bond acceptors (Lipinski definition) is 5. The molecule has 0 aliphatic heterocycles. The number of anilines is 3. The molecule has 0 bridgehead atoms. The minimum atomic E-state index is -0.529. The monoisotopic (exact) mass is 487 g/mol. The minimum Gasteiger partial charge on any atom is -0.492 e. The summed E-state index contributed by atoms with van der Waals surface area (Å²) in [4.78, 5) is 30.0. The molecule has 0 atom stereocenters.